The van der Waals surface area contributed by atoms with E-state index in [1.165, 1.54) is 0 Å². The minimum absolute atomic E-state index is 0.279. The predicted molar refractivity (Wildman–Crippen MR) is 41.4 cm³/mol. The standard InChI is InChI=1S/C9H7N/c10-9-4-2-1-3-8(9)7-5-6-7/h1-4,7H,10H2. The summed E-state index contributed by atoms with van der Waals surface area (Å²) in [6, 6.07) is 7.82. The van der Waals surface area contributed by atoms with Gasteiger partial charge < -0.3 is 5.73 Å². The Morgan fingerprint density at radius 2 is 1.90 bits per heavy atom. The van der Waals surface area contributed by atoms with Crippen molar-refractivity contribution in [2.75, 3.05) is 5.73 Å². The highest BCUT2D eigenvalue weighted by Gasteiger charge is 2.14. The highest BCUT2D eigenvalue weighted by Crippen LogP contribution is 2.26. The number of nitrogens with two attached hydrogens (primary N) is 1. The summed E-state index contributed by atoms with van der Waals surface area (Å²) in [7, 11) is 0. The molecule has 1 heteroatoms. The molecule has 10 heavy (non-hydrogen) atoms. The summed E-state index contributed by atoms with van der Waals surface area (Å²) in [5, 5.41) is 0. The van der Waals surface area contributed by atoms with E-state index in [0.29, 0.717) is 0 Å². The van der Waals surface area contributed by atoms with Crippen LogP contribution >= 0.6 is 0 Å². The minimum Gasteiger partial charge on any atom is -0.398 e. The Kier molecular flexibility index (Phi) is 0.956. The zero-order valence-electron chi connectivity index (χ0n) is 5.46. The van der Waals surface area contributed by atoms with Crippen LogP contribution in [0.5, 0.6) is 0 Å². The van der Waals surface area contributed by atoms with Gasteiger partial charge in [0.1, 0.15) is 5.92 Å². The second kappa shape index (κ2) is 1.78. The lowest BCUT2D eigenvalue weighted by Crippen LogP contribution is -1.92. The SMILES string of the molecule is Nc1ccccc1C1C#C1. The molecule has 0 heterocycles. The van der Waals surface area contributed by atoms with Crippen molar-refractivity contribution >= 4 is 5.69 Å². The average molecular weight is 129 g/mol. The van der Waals surface area contributed by atoms with Crippen molar-refractivity contribution < 1.29 is 0 Å². The summed E-state index contributed by atoms with van der Waals surface area (Å²) in [4.78, 5) is 0. The Balaban J connectivity index is 2.40. The molecule has 0 unspecified atom stereocenters. The summed E-state index contributed by atoms with van der Waals surface area (Å²) < 4.78 is 0. The fourth-order valence-corrected chi connectivity index (χ4v) is 0.971. The number of rotatable bonds is 1. The van der Waals surface area contributed by atoms with Crippen LogP contribution in [0.2, 0.25) is 0 Å². The van der Waals surface area contributed by atoms with Crippen molar-refractivity contribution in [3.05, 3.63) is 29.8 Å². The third-order valence-electron chi connectivity index (χ3n) is 1.60. The lowest BCUT2D eigenvalue weighted by Gasteiger charge is -1.99. The van der Waals surface area contributed by atoms with Gasteiger partial charge in [0.2, 0.25) is 0 Å². The Morgan fingerprint density at radius 3 is 2.50 bits per heavy atom. The molecule has 1 aromatic rings. The van der Waals surface area contributed by atoms with Crippen molar-refractivity contribution in [2.24, 2.45) is 0 Å². The molecule has 0 saturated carbocycles. The van der Waals surface area contributed by atoms with Gasteiger partial charge in [-0.2, -0.15) is 0 Å². The lowest BCUT2D eigenvalue weighted by molar-refractivity contribution is 1.27. The molecule has 2 N–H and O–H groups in total. The van der Waals surface area contributed by atoms with Crippen molar-refractivity contribution in [2.45, 2.75) is 5.92 Å². The van der Waals surface area contributed by atoms with Gasteiger partial charge in [-0.05, 0) is 6.07 Å². The molecule has 0 aromatic heterocycles. The van der Waals surface area contributed by atoms with Crippen LogP contribution < -0.4 is 5.73 Å². The third-order valence-corrected chi connectivity index (χ3v) is 1.60. The van der Waals surface area contributed by atoms with Gasteiger partial charge in [0, 0.05) is 11.3 Å². The third kappa shape index (κ3) is 0.745. The van der Waals surface area contributed by atoms with E-state index in [1.807, 2.05) is 24.3 Å². The second-order valence-corrected chi connectivity index (χ2v) is 2.35. The normalized spacial score (nSPS) is 14.0. The largest absolute Gasteiger partial charge is 0.398 e. The summed E-state index contributed by atoms with van der Waals surface area (Å²) >= 11 is 0. The van der Waals surface area contributed by atoms with Gasteiger partial charge in [0.15, 0.2) is 0 Å². The fourth-order valence-electron chi connectivity index (χ4n) is 0.971. The molecule has 0 spiro atoms. The number of anilines is 1. The first-order valence-corrected chi connectivity index (χ1v) is 3.23. The van der Waals surface area contributed by atoms with Crippen LogP contribution in [0.1, 0.15) is 11.5 Å². The van der Waals surface area contributed by atoms with Gasteiger partial charge >= 0.3 is 0 Å². The van der Waals surface area contributed by atoms with Gasteiger partial charge in [-0.1, -0.05) is 30.0 Å². The summed E-state index contributed by atoms with van der Waals surface area (Å²) in [5.41, 5.74) is 7.65. The molecule has 1 aliphatic rings. The lowest BCUT2D eigenvalue weighted by atomic mass is 10.1. The van der Waals surface area contributed by atoms with Crippen LogP contribution in [0, 0.1) is 11.8 Å². The Morgan fingerprint density at radius 1 is 1.20 bits per heavy atom. The quantitative estimate of drug-likeness (QED) is 0.449. The zero-order chi connectivity index (χ0) is 6.97. The van der Waals surface area contributed by atoms with Crippen LogP contribution in [0.15, 0.2) is 24.3 Å². The average Bonchev–Trinajstić information content (AvgIpc) is 2.71. The van der Waals surface area contributed by atoms with E-state index >= 15 is 0 Å². The Labute approximate surface area is 59.9 Å². The molecule has 0 fully saturated rings. The first-order valence-electron chi connectivity index (χ1n) is 3.23. The molecule has 0 amide bonds. The number of benzene rings is 1. The van der Waals surface area contributed by atoms with Crippen LogP contribution in [0.3, 0.4) is 0 Å². The molecule has 0 atom stereocenters. The van der Waals surface area contributed by atoms with Crippen LogP contribution in [0.25, 0.3) is 0 Å². The van der Waals surface area contributed by atoms with E-state index in [-0.39, 0.29) is 5.92 Å². The van der Waals surface area contributed by atoms with Gasteiger partial charge in [0.05, 0.1) is 0 Å². The van der Waals surface area contributed by atoms with E-state index in [0.717, 1.165) is 11.3 Å². The van der Waals surface area contributed by atoms with Crippen LogP contribution in [0.4, 0.5) is 5.69 Å². The Hall–Kier alpha value is -1.42. The Bertz CT molecular complexity index is 309. The molecular weight excluding hydrogens is 122 g/mol. The first kappa shape index (κ1) is 5.37. The predicted octanol–water partition coefficient (Wildman–Crippen LogP) is 1.37. The number of hydrogen-bond donors (Lipinski definition) is 1. The van der Waals surface area contributed by atoms with Crippen molar-refractivity contribution in [1.82, 2.24) is 0 Å². The van der Waals surface area contributed by atoms with Crippen molar-refractivity contribution in [3.8, 4) is 11.8 Å². The summed E-state index contributed by atoms with van der Waals surface area (Å²) in [6.07, 6.45) is 0. The van der Waals surface area contributed by atoms with Gasteiger partial charge in [0.25, 0.3) is 0 Å². The van der Waals surface area contributed by atoms with Gasteiger partial charge in [-0.3, -0.25) is 0 Å². The maximum absolute atomic E-state index is 5.68. The molecular formula is C9H7N. The van der Waals surface area contributed by atoms with E-state index in [1.54, 1.807) is 0 Å². The first-order chi connectivity index (χ1) is 4.88. The topological polar surface area (TPSA) is 26.0 Å². The maximum atomic E-state index is 5.68. The molecule has 1 aliphatic carbocycles. The van der Waals surface area contributed by atoms with Gasteiger partial charge in [-0.15, -0.1) is 0 Å². The van der Waals surface area contributed by atoms with E-state index in [2.05, 4.69) is 11.8 Å². The highest BCUT2D eigenvalue weighted by molar-refractivity contribution is 5.59. The highest BCUT2D eigenvalue weighted by atomic mass is 14.6. The van der Waals surface area contributed by atoms with Crippen molar-refractivity contribution in [1.29, 1.82) is 0 Å². The molecule has 1 aromatic carbocycles. The zero-order valence-corrected chi connectivity index (χ0v) is 5.46. The van der Waals surface area contributed by atoms with Crippen LogP contribution in [-0.4, -0.2) is 0 Å². The monoisotopic (exact) mass is 129 g/mol. The number of para-hydroxylation sites is 1. The fraction of sp³-hybridized carbons (Fsp3) is 0.111. The number of nitrogen functional groups attached to an aromatic ring is 1. The molecule has 1 nitrogen and oxygen atoms in total. The maximum Gasteiger partial charge on any atom is 0.108 e. The second-order valence-electron chi connectivity index (χ2n) is 2.35. The molecule has 0 radical (unpaired) electrons. The van der Waals surface area contributed by atoms with Crippen molar-refractivity contribution in [3.63, 3.8) is 0 Å². The van der Waals surface area contributed by atoms with Gasteiger partial charge in [-0.25, -0.2) is 0 Å². The van der Waals surface area contributed by atoms with E-state index in [9.17, 15) is 0 Å². The summed E-state index contributed by atoms with van der Waals surface area (Å²) in [6.45, 7) is 0. The van der Waals surface area contributed by atoms with E-state index < -0.39 is 0 Å². The molecule has 2 rings (SSSR count). The molecule has 0 bridgehead atoms. The number of hydrogen-bond acceptors (Lipinski definition) is 1. The van der Waals surface area contributed by atoms with Crippen LogP contribution in [-0.2, 0) is 0 Å². The molecule has 0 saturated heterocycles. The summed E-state index contributed by atoms with van der Waals surface area (Å²) in [5.74, 6) is 6.20. The molecule has 48 valence electrons. The smallest absolute Gasteiger partial charge is 0.108 e. The van der Waals surface area contributed by atoms with E-state index in [4.69, 9.17) is 5.73 Å². The minimum atomic E-state index is 0.279. The molecule has 0 aliphatic heterocycles.